The molecular formula is C20H23FN2O2S. The summed E-state index contributed by atoms with van der Waals surface area (Å²) < 4.78 is 13.1. The molecule has 1 N–H and O–H groups in total. The number of likely N-dealkylation sites (N-methyl/N-ethyl adjacent to an activating group) is 1. The molecule has 0 aliphatic carbocycles. The zero-order chi connectivity index (χ0) is 18.9. The summed E-state index contributed by atoms with van der Waals surface area (Å²) in [4.78, 5) is 27.6. The topological polar surface area (TPSA) is 49.4 Å². The van der Waals surface area contributed by atoms with Crippen LogP contribution in [0.25, 0.3) is 0 Å². The minimum Gasteiger partial charge on any atom is -0.355 e. The van der Waals surface area contributed by atoms with Crippen LogP contribution in [0.1, 0.15) is 19.4 Å². The lowest BCUT2D eigenvalue weighted by molar-refractivity contribution is -0.138. The van der Waals surface area contributed by atoms with Crippen LogP contribution < -0.4 is 5.32 Å². The molecule has 0 aliphatic rings. The van der Waals surface area contributed by atoms with Gasteiger partial charge in [0.25, 0.3) is 0 Å². The van der Waals surface area contributed by atoms with E-state index in [0.717, 1.165) is 10.5 Å². The molecule has 0 aliphatic heterocycles. The molecule has 2 rings (SSSR count). The van der Waals surface area contributed by atoms with Crippen LogP contribution in [0.5, 0.6) is 0 Å². The van der Waals surface area contributed by atoms with Gasteiger partial charge in [0.15, 0.2) is 0 Å². The number of nitrogens with one attached hydrogen (secondary N) is 1. The van der Waals surface area contributed by atoms with E-state index in [1.54, 1.807) is 19.1 Å². The number of hydrogen-bond donors (Lipinski definition) is 1. The molecule has 0 fully saturated rings. The summed E-state index contributed by atoms with van der Waals surface area (Å²) in [6.07, 6.45) is 0. The fraction of sp³-hybridized carbons (Fsp3) is 0.300. The summed E-state index contributed by atoms with van der Waals surface area (Å²) in [6.45, 7) is 4.30. The lowest BCUT2D eigenvalue weighted by Crippen LogP contribution is -2.48. The molecular weight excluding hydrogens is 351 g/mol. The number of carbonyl (C=O) groups excluding carboxylic acids is 2. The first-order chi connectivity index (χ1) is 12.5. The first kappa shape index (κ1) is 20.0. The van der Waals surface area contributed by atoms with Crippen LogP contribution in [-0.4, -0.2) is 35.1 Å². The summed E-state index contributed by atoms with van der Waals surface area (Å²) in [5.41, 5.74) is 0.778. The van der Waals surface area contributed by atoms with Gasteiger partial charge >= 0.3 is 0 Å². The van der Waals surface area contributed by atoms with Gasteiger partial charge in [0.05, 0.1) is 5.75 Å². The van der Waals surface area contributed by atoms with Crippen molar-refractivity contribution in [2.75, 3.05) is 12.3 Å². The van der Waals surface area contributed by atoms with E-state index < -0.39 is 6.04 Å². The Kier molecular flexibility index (Phi) is 7.66. The van der Waals surface area contributed by atoms with Crippen molar-refractivity contribution in [3.63, 3.8) is 0 Å². The largest absolute Gasteiger partial charge is 0.355 e. The highest BCUT2D eigenvalue weighted by Crippen LogP contribution is 2.19. The Bertz CT molecular complexity index is 722. The van der Waals surface area contributed by atoms with Crippen molar-refractivity contribution in [1.29, 1.82) is 0 Å². The molecule has 2 aromatic rings. The molecule has 6 heteroatoms. The fourth-order valence-corrected chi connectivity index (χ4v) is 3.24. The lowest BCUT2D eigenvalue weighted by atomic mass is 10.1. The Morgan fingerprint density at radius 1 is 1.12 bits per heavy atom. The second kappa shape index (κ2) is 9.97. The van der Waals surface area contributed by atoms with Crippen LogP contribution in [-0.2, 0) is 16.1 Å². The van der Waals surface area contributed by atoms with E-state index >= 15 is 0 Å². The number of benzene rings is 2. The minimum atomic E-state index is -0.608. The van der Waals surface area contributed by atoms with Gasteiger partial charge in [-0.2, -0.15) is 0 Å². The number of rotatable bonds is 8. The van der Waals surface area contributed by atoms with E-state index in [9.17, 15) is 14.0 Å². The van der Waals surface area contributed by atoms with Crippen LogP contribution in [0, 0.1) is 5.82 Å². The van der Waals surface area contributed by atoms with Gasteiger partial charge < -0.3 is 10.2 Å². The van der Waals surface area contributed by atoms with Crippen molar-refractivity contribution in [2.24, 2.45) is 0 Å². The first-order valence-corrected chi connectivity index (χ1v) is 9.49. The highest BCUT2D eigenvalue weighted by atomic mass is 32.2. The summed E-state index contributed by atoms with van der Waals surface area (Å²) >= 11 is 1.43. The maximum Gasteiger partial charge on any atom is 0.242 e. The molecule has 0 saturated heterocycles. The van der Waals surface area contributed by atoms with E-state index in [4.69, 9.17) is 0 Å². The second-order valence-electron chi connectivity index (χ2n) is 5.82. The van der Waals surface area contributed by atoms with Crippen molar-refractivity contribution >= 4 is 23.6 Å². The standard InChI is InChI=1S/C20H23FN2O2S/c1-3-22-20(25)15(2)23(13-16-9-11-17(21)12-10-16)19(24)14-26-18-7-5-4-6-8-18/h4-12,15H,3,13-14H2,1-2H3,(H,22,25)/t15-/m1/s1. The molecule has 2 aromatic carbocycles. The molecule has 138 valence electrons. The van der Waals surface area contributed by atoms with E-state index in [1.807, 2.05) is 37.3 Å². The van der Waals surface area contributed by atoms with Gasteiger partial charge in [-0.3, -0.25) is 9.59 Å². The third-order valence-electron chi connectivity index (χ3n) is 3.89. The van der Waals surface area contributed by atoms with Crippen LogP contribution in [0.15, 0.2) is 59.5 Å². The SMILES string of the molecule is CCNC(=O)[C@@H](C)N(Cc1ccc(F)cc1)C(=O)CSc1ccccc1. The van der Waals surface area contributed by atoms with E-state index in [1.165, 1.54) is 28.8 Å². The monoisotopic (exact) mass is 374 g/mol. The number of nitrogens with zero attached hydrogens (tertiary/aromatic N) is 1. The highest BCUT2D eigenvalue weighted by molar-refractivity contribution is 8.00. The van der Waals surface area contributed by atoms with Gasteiger partial charge in [-0.25, -0.2) is 4.39 Å². The third kappa shape index (κ3) is 5.88. The van der Waals surface area contributed by atoms with Crippen molar-refractivity contribution in [2.45, 2.75) is 31.3 Å². The van der Waals surface area contributed by atoms with Gasteiger partial charge in [0.2, 0.25) is 11.8 Å². The first-order valence-electron chi connectivity index (χ1n) is 8.50. The average molecular weight is 374 g/mol. The van der Waals surface area contributed by atoms with Crippen molar-refractivity contribution in [3.05, 3.63) is 66.0 Å². The van der Waals surface area contributed by atoms with Crippen LogP contribution in [0.2, 0.25) is 0 Å². The number of hydrogen-bond acceptors (Lipinski definition) is 3. The molecule has 2 amide bonds. The molecule has 26 heavy (non-hydrogen) atoms. The average Bonchev–Trinajstić information content (AvgIpc) is 2.66. The molecule has 4 nitrogen and oxygen atoms in total. The zero-order valence-electron chi connectivity index (χ0n) is 14.9. The highest BCUT2D eigenvalue weighted by Gasteiger charge is 2.25. The smallest absolute Gasteiger partial charge is 0.242 e. The number of halogens is 1. The number of amides is 2. The molecule has 0 unspecified atom stereocenters. The molecule has 0 saturated carbocycles. The zero-order valence-corrected chi connectivity index (χ0v) is 15.8. The molecule has 0 radical (unpaired) electrons. The predicted molar refractivity (Wildman–Crippen MR) is 102 cm³/mol. The van der Waals surface area contributed by atoms with Crippen molar-refractivity contribution in [1.82, 2.24) is 10.2 Å². The van der Waals surface area contributed by atoms with Crippen LogP contribution >= 0.6 is 11.8 Å². The summed E-state index contributed by atoms with van der Waals surface area (Å²) in [6, 6.07) is 15.0. The second-order valence-corrected chi connectivity index (χ2v) is 6.87. The van der Waals surface area contributed by atoms with E-state index in [-0.39, 0.29) is 29.9 Å². The summed E-state index contributed by atoms with van der Waals surface area (Å²) in [5.74, 6) is -0.438. The minimum absolute atomic E-state index is 0.137. The van der Waals surface area contributed by atoms with Gasteiger partial charge in [0.1, 0.15) is 11.9 Å². The van der Waals surface area contributed by atoms with Crippen molar-refractivity contribution in [3.8, 4) is 0 Å². The summed E-state index contributed by atoms with van der Waals surface area (Å²) in [5, 5.41) is 2.75. The Labute approximate surface area is 157 Å². The number of carbonyl (C=O) groups is 2. The molecule has 0 spiro atoms. The Balaban J connectivity index is 2.11. The molecule has 0 aromatic heterocycles. The lowest BCUT2D eigenvalue weighted by Gasteiger charge is -2.28. The Morgan fingerprint density at radius 3 is 2.38 bits per heavy atom. The maximum absolute atomic E-state index is 13.1. The quantitative estimate of drug-likeness (QED) is 0.720. The fourth-order valence-electron chi connectivity index (χ4n) is 2.44. The number of thioether (sulfide) groups is 1. The third-order valence-corrected chi connectivity index (χ3v) is 4.89. The Hall–Kier alpha value is -2.34. The van der Waals surface area contributed by atoms with Crippen LogP contribution in [0.3, 0.4) is 0 Å². The van der Waals surface area contributed by atoms with Gasteiger partial charge in [-0.1, -0.05) is 30.3 Å². The van der Waals surface area contributed by atoms with E-state index in [0.29, 0.717) is 6.54 Å². The maximum atomic E-state index is 13.1. The van der Waals surface area contributed by atoms with E-state index in [2.05, 4.69) is 5.32 Å². The van der Waals surface area contributed by atoms with Gasteiger partial charge in [-0.05, 0) is 43.7 Å². The van der Waals surface area contributed by atoms with Crippen LogP contribution in [0.4, 0.5) is 4.39 Å². The Morgan fingerprint density at radius 2 is 1.77 bits per heavy atom. The predicted octanol–water partition coefficient (Wildman–Crippen LogP) is 3.47. The molecule has 0 heterocycles. The molecule has 1 atom stereocenters. The molecule has 0 bridgehead atoms. The normalized spacial score (nSPS) is 11.7. The van der Waals surface area contributed by atoms with Crippen molar-refractivity contribution < 1.29 is 14.0 Å². The van der Waals surface area contributed by atoms with Gasteiger partial charge in [-0.15, -0.1) is 11.8 Å². The van der Waals surface area contributed by atoms with Gasteiger partial charge in [0, 0.05) is 18.0 Å². The summed E-state index contributed by atoms with van der Waals surface area (Å²) in [7, 11) is 0.